The minimum absolute atomic E-state index is 0.191. The fraction of sp³-hybridized carbons (Fsp3) is 0.348. The number of urea groups is 1. The number of carbonyl (C=O) groups excluding carboxylic acids is 3. The first kappa shape index (κ1) is 20.1. The van der Waals surface area contributed by atoms with Crippen LogP contribution >= 0.6 is 15.9 Å². The molecule has 2 aromatic carbocycles. The van der Waals surface area contributed by atoms with Crippen LogP contribution in [-0.4, -0.2) is 41.6 Å². The van der Waals surface area contributed by atoms with E-state index in [1.807, 2.05) is 24.3 Å². The third-order valence-corrected chi connectivity index (χ3v) is 7.02. The van der Waals surface area contributed by atoms with E-state index in [-0.39, 0.29) is 13.2 Å². The maximum Gasteiger partial charge on any atom is 0.332 e. The molecule has 0 radical (unpaired) electrons. The summed E-state index contributed by atoms with van der Waals surface area (Å²) in [6.07, 6.45) is 0. The summed E-state index contributed by atoms with van der Waals surface area (Å²) in [6.45, 7) is 3.82. The number of benzene rings is 2. The Morgan fingerprint density at radius 1 is 1.23 bits per heavy atom. The molecule has 5 rings (SSSR count). The third-order valence-electron chi connectivity index (χ3n) is 6.53. The van der Waals surface area contributed by atoms with E-state index in [2.05, 4.69) is 15.9 Å². The zero-order valence-corrected chi connectivity index (χ0v) is 18.7. The van der Waals surface area contributed by atoms with Gasteiger partial charge in [-0.2, -0.15) is 0 Å². The lowest BCUT2D eigenvalue weighted by atomic mass is 9.77. The van der Waals surface area contributed by atoms with Crippen molar-refractivity contribution in [3.8, 4) is 5.75 Å². The number of amides is 3. The Morgan fingerprint density at radius 3 is 2.68 bits per heavy atom. The fourth-order valence-electron chi connectivity index (χ4n) is 5.27. The molecule has 7 nitrogen and oxygen atoms in total. The van der Waals surface area contributed by atoms with E-state index in [1.54, 1.807) is 43.0 Å². The second kappa shape index (κ2) is 7.09. The highest BCUT2D eigenvalue weighted by Gasteiger charge is 2.72. The van der Waals surface area contributed by atoms with Gasteiger partial charge < -0.3 is 14.4 Å². The minimum atomic E-state index is -1.37. The van der Waals surface area contributed by atoms with Crippen LogP contribution in [0, 0.1) is 11.8 Å². The summed E-state index contributed by atoms with van der Waals surface area (Å²) in [5.74, 6) is -1.49. The normalized spacial score (nSPS) is 28.7. The Kier molecular flexibility index (Phi) is 4.58. The molecule has 8 heteroatoms. The Balaban J connectivity index is 1.70. The van der Waals surface area contributed by atoms with Gasteiger partial charge in [-0.1, -0.05) is 34.1 Å². The molecule has 0 N–H and O–H groups in total. The lowest BCUT2D eigenvalue weighted by Gasteiger charge is -2.34. The molecule has 2 saturated heterocycles. The molecule has 3 unspecified atom stereocenters. The van der Waals surface area contributed by atoms with Crippen molar-refractivity contribution in [1.82, 2.24) is 4.90 Å². The Labute approximate surface area is 188 Å². The molecule has 31 heavy (non-hydrogen) atoms. The van der Waals surface area contributed by atoms with Gasteiger partial charge in [0.25, 0.3) is 5.91 Å². The van der Waals surface area contributed by atoms with Gasteiger partial charge in [0, 0.05) is 16.0 Å². The van der Waals surface area contributed by atoms with Crippen molar-refractivity contribution in [3.05, 3.63) is 58.6 Å². The average Bonchev–Trinajstić information content (AvgIpc) is 3.14. The number of para-hydroxylation sites is 1. The van der Waals surface area contributed by atoms with Gasteiger partial charge in [0.05, 0.1) is 30.9 Å². The first-order chi connectivity index (χ1) is 14.9. The average molecular weight is 485 g/mol. The van der Waals surface area contributed by atoms with E-state index in [4.69, 9.17) is 9.47 Å². The lowest BCUT2D eigenvalue weighted by Crippen LogP contribution is -2.51. The van der Waals surface area contributed by atoms with E-state index in [0.29, 0.717) is 11.4 Å². The largest absolute Gasteiger partial charge is 0.493 e. The van der Waals surface area contributed by atoms with Gasteiger partial charge in [-0.15, -0.1) is 0 Å². The highest BCUT2D eigenvalue weighted by Crippen LogP contribution is 2.58. The predicted octanol–water partition coefficient (Wildman–Crippen LogP) is 3.92. The van der Waals surface area contributed by atoms with Crippen LogP contribution in [0.25, 0.3) is 0 Å². The molecule has 160 valence electrons. The van der Waals surface area contributed by atoms with Crippen LogP contribution in [0.5, 0.6) is 5.75 Å². The highest BCUT2D eigenvalue weighted by molar-refractivity contribution is 9.10. The van der Waals surface area contributed by atoms with Crippen LogP contribution in [0.2, 0.25) is 0 Å². The number of rotatable bonds is 3. The summed E-state index contributed by atoms with van der Waals surface area (Å²) < 4.78 is 12.2. The molecule has 0 spiro atoms. The van der Waals surface area contributed by atoms with Crippen molar-refractivity contribution in [2.24, 2.45) is 11.8 Å². The minimum Gasteiger partial charge on any atom is -0.493 e. The van der Waals surface area contributed by atoms with Gasteiger partial charge in [-0.3, -0.25) is 9.59 Å². The van der Waals surface area contributed by atoms with Gasteiger partial charge in [-0.25, -0.2) is 9.69 Å². The maximum atomic E-state index is 13.8. The number of ether oxygens (including phenoxy) is 2. The van der Waals surface area contributed by atoms with Crippen molar-refractivity contribution in [2.45, 2.75) is 25.4 Å². The number of carbonyl (C=O) groups is 3. The summed E-state index contributed by atoms with van der Waals surface area (Å²) in [4.78, 5) is 43.3. The van der Waals surface area contributed by atoms with Crippen molar-refractivity contribution in [2.75, 3.05) is 18.1 Å². The Hall–Kier alpha value is -2.87. The standard InChI is InChI=1S/C23H21BrN2O5/c1-3-30-20(27)18-16-12-31-17-10-9-13(24)11-15(17)19(16)26-22(29)25(21(28)23(18,26)2)14-7-5-4-6-8-14/h4-11,16,18-19H,3,12H2,1-2H3/t16?,18?,19?,23-/m1/s1. The maximum absolute atomic E-state index is 13.8. The Bertz CT molecular complexity index is 1090. The number of hydrogen-bond donors (Lipinski definition) is 0. The molecular weight excluding hydrogens is 464 g/mol. The first-order valence-electron chi connectivity index (χ1n) is 10.2. The van der Waals surface area contributed by atoms with Crippen LogP contribution in [0.15, 0.2) is 53.0 Å². The van der Waals surface area contributed by atoms with Gasteiger partial charge in [0.1, 0.15) is 11.3 Å². The van der Waals surface area contributed by atoms with Crippen LogP contribution in [0.3, 0.4) is 0 Å². The van der Waals surface area contributed by atoms with E-state index in [9.17, 15) is 14.4 Å². The Morgan fingerprint density at radius 2 is 1.97 bits per heavy atom. The molecular formula is C23H21BrN2O5. The molecule has 2 fully saturated rings. The SMILES string of the molecule is CCOC(=O)C1C2COc3ccc(Br)cc3C2N2C(=O)N(c3ccccc3)C(=O)[C@@]12C. The van der Waals surface area contributed by atoms with Gasteiger partial charge in [0.15, 0.2) is 0 Å². The number of imide groups is 1. The fourth-order valence-corrected chi connectivity index (χ4v) is 5.65. The zero-order chi connectivity index (χ0) is 21.9. The number of fused-ring (bicyclic) bond motifs is 5. The van der Waals surface area contributed by atoms with Gasteiger partial charge >= 0.3 is 12.0 Å². The van der Waals surface area contributed by atoms with Gasteiger partial charge in [0.2, 0.25) is 0 Å². The molecule has 3 heterocycles. The quantitative estimate of drug-likeness (QED) is 0.487. The molecule has 0 bridgehead atoms. The molecule has 0 aliphatic carbocycles. The highest BCUT2D eigenvalue weighted by atomic mass is 79.9. The van der Waals surface area contributed by atoms with E-state index >= 15 is 0 Å². The number of anilines is 1. The summed E-state index contributed by atoms with van der Waals surface area (Å²) >= 11 is 3.49. The van der Waals surface area contributed by atoms with Crippen LogP contribution in [-0.2, 0) is 14.3 Å². The van der Waals surface area contributed by atoms with Gasteiger partial charge in [-0.05, 0) is 44.2 Å². The predicted molar refractivity (Wildman–Crippen MR) is 116 cm³/mol. The van der Waals surface area contributed by atoms with Crippen LogP contribution in [0.1, 0.15) is 25.5 Å². The zero-order valence-electron chi connectivity index (χ0n) is 17.1. The van der Waals surface area contributed by atoms with E-state index < -0.39 is 41.3 Å². The number of halogens is 1. The molecule has 4 atom stereocenters. The molecule has 2 aromatic rings. The molecule has 3 aliphatic rings. The number of nitrogens with zero attached hydrogens (tertiary/aromatic N) is 2. The van der Waals surface area contributed by atoms with Crippen molar-refractivity contribution in [1.29, 1.82) is 0 Å². The molecule has 0 saturated carbocycles. The molecule has 3 aliphatic heterocycles. The van der Waals surface area contributed by atoms with E-state index in [1.165, 1.54) is 4.90 Å². The second-order valence-corrected chi connectivity index (χ2v) is 9.02. The third kappa shape index (κ3) is 2.67. The second-order valence-electron chi connectivity index (χ2n) is 8.11. The summed E-state index contributed by atoms with van der Waals surface area (Å²) in [7, 11) is 0. The van der Waals surface area contributed by atoms with Crippen LogP contribution < -0.4 is 9.64 Å². The topological polar surface area (TPSA) is 76.2 Å². The van der Waals surface area contributed by atoms with Crippen molar-refractivity contribution >= 4 is 39.5 Å². The summed E-state index contributed by atoms with van der Waals surface area (Å²) in [5, 5.41) is 0. The number of esters is 1. The number of hydrogen-bond acceptors (Lipinski definition) is 5. The summed E-state index contributed by atoms with van der Waals surface area (Å²) in [6, 6.07) is 13.5. The first-order valence-corrected chi connectivity index (χ1v) is 11.0. The lowest BCUT2D eigenvalue weighted by molar-refractivity contribution is -0.154. The van der Waals surface area contributed by atoms with Crippen molar-refractivity contribution < 1.29 is 23.9 Å². The molecule has 3 amide bonds. The molecule has 0 aromatic heterocycles. The van der Waals surface area contributed by atoms with E-state index in [0.717, 1.165) is 10.0 Å². The smallest absolute Gasteiger partial charge is 0.332 e. The van der Waals surface area contributed by atoms with Crippen molar-refractivity contribution in [3.63, 3.8) is 0 Å². The van der Waals surface area contributed by atoms with Crippen LogP contribution in [0.4, 0.5) is 10.5 Å². The summed E-state index contributed by atoms with van der Waals surface area (Å²) in [5.41, 5.74) is -0.115. The monoisotopic (exact) mass is 484 g/mol.